The zero-order valence-electron chi connectivity index (χ0n) is 13.9. The fourth-order valence-electron chi connectivity index (χ4n) is 2.14. The van der Waals surface area contributed by atoms with Crippen LogP contribution in [0.5, 0.6) is 0 Å². The number of anilines is 1. The van der Waals surface area contributed by atoms with E-state index < -0.39 is 36.0 Å². The van der Waals surface area contributed by atoms with Crippen molar-refractivity contribution in [3.63, 3.8) is 0 Å². The van der Waals surface area contributed by atoms with Gasteiger partial charge in [0.25, 0.3) is 5.91 Å². The number of nitrogens with one attached hydrogen (secondary N) is 1. The van der Waals surface area contributed by atoms with E-state index in [0.717, 1.165) is 19.1 Å². The Hall–Kier alpha value is -2.68. The smallest absolute Gasteiger partial charge is 0.416 e. The number of esters is 1. The summed E-state index contributed by atoms with van der Waals surface area (Å²) in [4.78, 5) is 35.4. The first-order valence-corrected chi connectivity index (χ1v) is 8.32. The quantitative estimate of drug-likeness (QED) is 0.546. The fraction of sp³-hybridized carbons (Fsp3) is 0.167. The molecule has 0 saturated heterocycles. The molecule has 0 heterocycles. The van der Waals surface area contributed by atoms with Crippen LogP contribution in [0.4, 0.5) is 18.9 Å². The SMILES string of the molecule is CC(=O)OCC(=O)c1ccc(C(F)(F)F)cc1NC(=O)c1cccc(Br)c1. The second kappa shape index (κ2) is 8.34. The number of hydrogen-bond donors (Lipinski definition) is 1. The van der Waals surface area contributed by atoms with E-state index in [1.807, 2.05) is 0 Å². The third-order valence-corrected chi connectivity index (χ3v) is 3.88. The van der Waals surface area contributed by atoms with E-state index in [4.69, 9.17) is 0 Å². The van der Waals surface area contributed by atoms with E-state index >= 15 is 0 Å². The van der Waals surface area contributed by atoms with Gasteiger partial charge in [-0.15, -0.1) is 0 Å². The third kappa shape index (κ3) is 5.65. The number of Topliss-reactive ketones (excluding diaryl/α,β-unsaturated/α-hetero) is 1. The average molecular weight is 444 g/mol. The summed E-state index contributed by atoms with van der Waals surface area (Å²) in [6.45, 7) is 0.441. The molecule has 27 heavy (non-hydrogen) atoms. The fourth-order valence-corrected chi connectivity index (χ4v) is 2.54. The predicted molar refractivity (Wildman–Crippen MR) is 94.5 cm³/mol. The molecular weight excluding hydrogens is 431 g/mol. The van der Waals surface area contributed by atoms with Gasteiger partial charge in [0.1, 0.15) is 0 Å². The van der Waals surface area contributed by atoms with Gasteiger partial charge in [0.2, 0.25) is 5.78 Å². The molecule has 0 aromatic heterocycles. The van der Waals surface area contributed by atoms with Crippen molar-refractivity contribution in [1.82, 2.24) is 0 Å². The first kappa shape index (κ1) is 20.6. The van der Waals surface area contributed by atoms with Gasteiger partial charge in [-0.1, -0.05) is 22.0 Å². The maximum Gasteiger partial charge on any atom is 0.416 e. The van der Waals surface area contributed by atoms with Crippen LogP contribution in [-0.2, 0) is 15.7 Å². The summed E-state index contributed by atoms with van der Waals surface area (Å²) >= 11 is 3.19. The number of hydrogen-bond acceptors (Lipinski definition) is 4. The summed E-state index contributed by atoms with van der Waals surface area (Å²) in [5.41, 5.74) is -1.38. The standard InChI is InChI=1S/C18H13BrF3NO4/c1-10(24)27-9-16(25)14-6-5-12(18(20,21)22)8-15(14)23-17(26)11-3-2-4-13(19)7-11/h2-8H,9H2,1H3,(H,23,26). The van der Waals surface area contributed by atoms with Gasteiger partial charge >= 0.3 is 12.1 Å². The summed E-state index contributed by atoms with van der Waals surface area (Å²) in [6, 6.07) is 8.52. The van der Waals surface area contributed by atoms with Gasteiger partial charge in [-0.05, 0) is 36.4 Å². The molecule has 5 nitrogen and oxygen atoms in total. The molecular formula is C18H13BrF3NO4. The van der Waals surface area contributed by atoms with Gasteiger partial charge in [0.15, 0.2) is 6.61 Å². The number of alkyl halides is 3. The molecule has 0 unspecified atom stereocenters. The van der Waals surface area contributed by atoms with E-state index in [1.165, 1.54) is 12.1 Å². The molecule has 0 fully saturated rings. The highest BCUT2D eigenvalue weighted by molar-refractivity contribution is 9.10. The number of rotatable bonds is 5. The van der Waals surface area contributed by atoms with E-state index in [2.05, 4.69) is 26.0 Å². The van der Waals surface area contributed by atoms with E-state index in [1.54, 1.807) is 12.1 Å². The molecule has 0 bridgehead atoms. The zero-order chi connectivity index (χ0) is 20.2. The second-order valence-corrected chi connectivity index (χ2v) is 6.34. The highest BCUT2D eigenvalue weighted by Crippen LogP contribution is 2.32. The highest BCUT2D eigenvalue weighted by Gasteiger charge is 2.32. The van der Waals surface area contributed by atoms with Crippen molar-refractivity contribution in [3.8, 4) is 0 Å². The minimum atomic E-state index is -4.66. The van der Waals surface area contributed by atoms with Gasteiger partial charge in [-0.3, -0.25) is 14.4 Å². The molecule has 0 aliphatic heterocycles. The average Bonchev–Trinajstić information content (AvgIpc) is 2.58. The topological polar surface area (TPSA) is 72.5 Å². The number of carbonyl (C=O) groups is 3. The molecule has 1 N–H and O–H groups in total. The van der Waals surface area contributed by atoms with E-state index in [0.29, 0.717) is 10.5 Å². The van der Waals surface area contributed by atoms with Crippen molar-refractivity contribution in [2.24, 2.45) is 0 Å². The molecule has 142 valence electrons. The molecule has 2 aromatic carbocycles. The van der Waals surface area contributed by atoms with Crippen LogP contribution in [-0.4, -0.2) is 24.3 Å². The normalized spacial score (nSPS) is 11.0. The number of amides is 1. The second-order valence-electron chi connectivity index (χ2n) is 5.43. The Kier molecular flexibility index (Phi) is 6.37. The Morgan fingerprint density at radius 3 is 2.41 bits per heavy atom. The van der Waals surface area contributed by atoms with Crippen LogP contribution >= 0.6 is 15.9 Å². The number of ketones is 1. The van der Waals surface area contributed by atoms with Crippen molar-refractivity contribution in [2.75, 3.05) is 11.9 Å². The van der Waals surface area contributed by atoms with Crippen molar-refractivity contribution in [3.05, 3.63) is 63.6 Å². The lowest BCUT2D eigenvalue weighted by atomic mass is 10.0. The Morgan fingerprint density at radius 2 is 1.81 bits per heavy atom. The zero-order valence-corrected chi connectivity index (χ0v) is 15.5. The van der Waals surface area contributed by atoms with Crippen molar-refractivity contribution in [2.45, 2.75) is 13.1 Å². The van der Waals surface area contributed by atoms with Crippen LogP contribution in [0.1, 0.15) is 33.2 Å². The van der Waals surface area contributed by atoms with Crippen molar-refractivity contribution in [1.29, 1.82) is 0 Å². The van der Waals surface area contributed by atoms with Crippen LogP contribution in [0.25, 0.3) is 0 Å². The van der Waals surface area contributed by atoms with Gasteiger partial charge in [-0.2, -0.15) is 13.2 Å². The monoisotopic (exact) mass is 443 g/mol. The van der Waals surface area contributed by atoms with Crippen molar-refractivity contribution >= 4 is 39.3 Å². The Balaban J connectivity index is 2.39. The van der Waals surface area contributed by atoms with E-state index in [-0.39, 0.29) is 16.8 Å². The summed E-state index contributed by atoms with van der Waals surface area (Å²) < 4.78 is 44.2. The lowest BCUT2D eigenvalue weighted by Crippen LogP contribution is -2.19. The minimum Gasteiger partial charge on any atom is -0.457 e. The first-order chi connectivity index (χ1) is 12.6. The molecule has 0 atom stereocenters. The van der Waals surface area contributed by atoms with Gasteiger partial charge in [-0.25, -0.2) is 0 Å². The molecule has 0 saturated carbocycles. The summed E-state index contributed by atoms with van der Waals surface area (Å²) in [6.07, 6.45) is -4.66. The minimum absolute atomic E-state index is 0.181. The molecule has 1 amide bonds. The predicted octanol–water partition coefficient (Wildman–Crippen LogP) is 4.47. The van der Waals surface area contributed by atoms with Crippen LogP contribution in [0.15, 0.2) is 46.9 Å². The maximum absolute atomic E-state index is 13.0. The number of halogens is 4. The van der Waals surface area contributed by atoms with Gasteiger partial charge in [0, 0.05) is 22.5 Å². The summed E-state index contributed by atoms with van der Waals surface area (Å²) in [5.74, 6) is -2.16. The third-order valence-electron chi connectivity index (χ3n) is 3.39. The van der Waals surface area contributed by atoms with Gasteiger partial charge in [0.05, 0.1) is 11.3 Å². The molecule has 0 spiro atoms. The van der Waals surface area contributed by atoms with E-state index in [9.17, 15) is 27.6 Å². The lowest BCUT2D eigenvalue weighted by Gasteiger charge is -2.14. The molecule has 9 heteroatoms. The van der Waals surface area contributed by atoms with Crippen LogP contribution < -0.4 is 5.32 Å². The number of benzene rings is 2. The molecule has 0 radical (unpaired) electrons. The highest BCUT2D eigenvalue weighted by atomic mass is 79.9. The molecule has 0 aliphatic rings. The largest absolute Gasteiger partial charge is 0.457 e. The van der Waals surface area contributed by atoms with Crippen LogP contribution in [0, 0.1) is 0 Å². The Bertz CT molecular complexity index is 896. The molecule has 2 rings (SSSR count). The summed E-state index contributed by atoms with van der Waals surface area (Å²) in [5, 5.41) is 2.31. The number of carbonyl (C=O) groups excluding carboxylic acids is 3. The van der Waals surface area contributed by atoms with Crippen LogP contribution in [0.3, 0.4) is 0 Å². The van der Waals surface area contributed by atoms with Gasteiger partial charge < -0.3 is 10.1 Å². The first-order valence-electron chi connectivity index (χ1n) is 7.52. The number of ether oxygens (including phenoxy) is 1. The Labute approximate surface area is 160 Å². The van der Waals surface area contributed by atoms with Crippen LogP contribution in [0.2, 0.25) is 0 Å². The Morgan fingerprint density at radius 1 is 1.11 bits per heavy atom. The summed E-state index contributed by atoms with van der Waals surface area (Å²) in [7, 11) is 0. The maximum atomic E-state index is 13.0. The molecule has 0 aliphatic carbocycles. The molecule has 2 aromatic rings. The van der Waals surface area contributed by atoms with Crippen molar-refractivity contribution < 1.29 is 32.3 Å². The lowest BCUT2D eigenvalue weighted by molar-refractivity contribution is -0.140.